The van der Waals surface area contributed by atoms with Gasteiger partial charge in [-0.05, 0) is 32.9 Å². The van der Waals surface area contributed by atoms with Gasteiger partial charge in [0.25, 0.3) is 0 Å². The Morgan fingerprint density at radius 2 is 1.83 bits per heavy atom. The van der Waals surface area contributed by atoms with Crippen molar-refractivity contribution < 1.29 is 13.2 Å². The summed E-state index contributed by atoms with van der Waals surface area (Å²) in [4.78, 5) is 3.79. The van der Waals surface area contributed by atoms with Crippen LogP contribution in [0.5, 0.6) is 0 Å². The molecular formula is C12H22F3N3. The van der Waals surface area contributed by atoms with E-state index in [9.17, 15) is 13.2 Å². The lowest BCUT2D eigenvalue weighted by Crippen LogP contribution is -2.48. The van der Waals surface area contributed by atoms with Crippen molar-refractivity contribution in [3.05, 3.63) is 0 Å². The fourth-order valence-corrected chi connectivity index (χ4v) is 3.00. The third kappa shape index (κ3) is 4.40. The molecule has 0 spiro atoms. The van der Waals surface area contributed by atoms with Crippen molar-refractivity contribution in [2.75, 3.05) is 39.8 Å². The van der Waals surface area contributed by atoms with Crippen molar-refractivity contribution in [3.8, 4) is 0 Å². The average molecular weight is 265 g/mol. The van der Waals surface area contributed by atoms with Crippen LogP contribution in [-0.2, 0) is 0 Å². The van der Waals surface area contributed by atoms with Crippen molar-refractivity contribution in [2.24, 2.45) is 0 Å². The second kappa shape index (κ2) is 5.75. The van der Waals surface area contributed by atoms with E-state index in [1.54, 1.807) is 0 Å². The predicted octanol–water partition coefficient (Wildman–Crippen LogP) is 1.31. The van der Waals surface area contributed by atoms with E-state index in [-0.39, 0.29) is 6.04 Å². The van der Waals surface area contributed by atoms with Gasteiger partial charge in [0.15, 0.2) is 0 Å². The Morgan fingerprint density at radius 3 is 2.50 bits per heavy atom. The number of nitrogens with one attached hydrogen (secondary N) is 1. The molecule has 2 heterocycles. The lowest BCUT2D eigenvalue weighted by molar-refractivity contribution is -0.143. The first-order valence-electron chi connectivity index (χ1n) is 6.66. The van der Waals surface area contributed by atoms with E-state index in [0.717, 1.165) is 25.9 Å². The van der Waals surface area contributed by atoms with Crippen LogP contribution in [0.1, 0.15) is 19.3 Å². The molecule has 2 unspecified atom stereocenters. The summed E-state index contributed by atoms with van der Waals surface area (Å²) in [5, 5.41) is 3.51. The van der Waals surface area contributed by atoms with Gasteiger partial charge in [-0.15, -0.1) is 0 Å². The molecule has 2 rings (SSSR count). The summed E-state index contributed by atoms with van der Waals surface area (Å²) in [5.41, 5.74) is 0. The Labute approximate surface area is 106 Å². The van der Waals surface area contributed by atoms with Crippen molar-refractivity contribution in [1.29, 1.82) is 0 Å². The van der Waals surface area contributed by atoms with Crippen molar-refractivity contribution in [3.63, 3.8) is 0 Å². The van der Waals surface area contributed by atoms with Crippen LogP contribution in [-0.4, -0.2) is 67.8 Å². The van der Waals surface area contributed by atoms with Gasteiger partial charge in [0.2, 0.25) is 0 Å². The van der Waals surface area contributed by atoms with Gasteiger partial charge in [-0.25, -0.2) is 0 Å². The smallest absolute Gasteiger partial charge is 0.309 e. The second-order valence-electron chi connectivity index (χ2n) is 5.60. The van der Waals surface area contributed by atoms with Crippen LogP contribution in [0, 0.1) is 0 Å². The van der Waals surface area contributed by atoms with Crippen LogP contribution in [0.15, 0.2) is 0 Å². The Kier molecular flexibility index (Phi) is 4.50. The van der Waals surface area contributed by atoms with E-state index in [1.807, 2.05) is 0 Å². The van der Waals surface area contributed by atoms with Crippen LogP contribution in [0.25, 0.3) is 0 Å². The molecule has 0 bridgehead atoms. The summed E-state index contributed by atoms with van der Waals surface area (Å²) in [6, 6.07) is 0.670. The molecule has 0 aliphatic carbocycles. The van der Waals surface area contributed by atoms with E-state index in [1.165, 1.54) is 11.3 Å². The largest absolute Gasteiger partial charge is 0.401 e. The summed E-state index contributed by atoms with van der Waals surface area (Å²) < 4.78 is 36.8. The molecule has 2 aliphatic heterocycles. The Hall–Kier alpha value is -0.330. The standard InChI is InChI=1S/C12H22F3N3/c1-17-5-2-3-10(7-17)16-11-4-6-18(8-11)9-12(13,14)15/h10-11,16H,2-9H2,1H3. The highest BCUT2D eigenvalue weighted by Gasteiger charge is 2.34. The van der Waals surface area contributed by atoms with Crippen LogP contribution >= 0.6 is 0 Å². The molecule has 2 saturated heterocycles. The van der Waals surface area contributed by atoms with Crippen LogP contribution in [0.2, 0.25) is 0 Å². The van der Waals surface area contributed by atoms with Gasteiger partial charge in [-0.3, -0.25) is 4.90 Å². The SMILES string of the molecule is CN1CCCC(NC2CCN(CC(F)(F)F)C2)C1. The molecule has 0 amide bonds. The first kappa shape index (κ1) is 14.1. The molecule has 0 radical (unpaired) electrons. The molecule has 2 atom stereocenters. The van der Waals surface area contributed by atoms with Crippen molar-refractivity contribution in [1.82, 2.24) is 15.1 Å². The van der Waals surface area contributed by atoms with E-state index < -0.39 is 12.7 Å². The molecule has 1 N–H and O–H groups in total. The summed E-state index contributed by atoms with van der Waals surface area (Å²) in [6.45, 7) is 2.45. The highest BCUT2D eigenvalue weighted by Crippen LogP contribution is 2.20. The molecule has 2 fully saturated rings. The quantitative estimate of drug-likeness (QED) is 0.830. The minimum Gasteiger partial charge on any atom is -0.309 e. The molecular weight excluding hydrogens is 243 g/mol. The highest BCUT2D eigenvalue weighted by atomic mass is 19.4. The number of likely N-dealkylation sites (tertiary alicyclic amines) is 2. The summed E-state index contributed by atoms with van der Waals surface area (Å²) >= 11 is 0. The molecule has 3 nitrogen and oxygen atoms in total. The Morgan fingerprint density at radius 1 is 1.11 bits per heavy atom. The number of nitrogens with zero attached hydrogens (tertiary/aromatic N) is 2. The first-order chi connectivity index (χ1) is 8.42. The van der Waals surface area contributed by atoms with Gasteiger partial charge < -0.3 is 10.2 Å². The lowest BCUT2D eigenvalue weighted by atomic mass is 10.1. The zero-order valence-corrected chi connectivity index (χ0v) is 10.8. The van der Waals surface area contributed by atoms with Crippen LogP contribution in [0.3, 0.4) is 0 Å². The number of likely N-dealkylation sites (N-methyl/N-ethyl adjacent to an activating group) is 1. The number of halogens is 3. The average Bonchev–Trinajstić information content (AvgIpc) is 2.62. The minimum absolute atomic E-state index is 0.226. The topological polar surface area (TPSA) is 18.5 Å². The lowest BCUT2D eigenvalue weighted by Gasteiger charge is -2.32. The van der Waals surface area contributed by atoms with Crippen LogP contribution in [0.4, 0.5) is 13.2 Å². The third-order valence-electron chi connectivity index (χ3n) is 3.77. The summed E-state index contributed by atoms with van der Waals surface area (Å²) in [6.07, 6.45) is -0.927. The molecule has 0 aromatic heterocycles. The van der Waals surface area contributed by atoms with Gasteiger partial charge in [0, 0.05) is 31.7 Å². The first-order valence-corrected chi connectivity index (χ1v) is 6.66. The molecule has 2 aliphatic rings. The van der Waals surface area contributed by atoms with E-state index >= 15 is 0 Å². The maximum atomic E-state index is 12.3. The number of alkyl halides is 3. The van der Waals surface area contributed by atoms with Gasteiger partial charge in [0.1, 0.15) is 0 Å². The number of rotatable bonds is 3. The number of piperidine rings is 1. The molecule has 0 aromatic rings. The zero-order valence-electron chi connectivity index (χ0n) is 10.8. The molecule has 6 heteroatoms. The molecule has 0 saturated carbocycles. The Balaban J connectivity index is 1.72. The predicted molar refractivity (Wildman–Crippen MR) is 64.6 cm³/mol. The molecule has 18 heavy (non-hydrogen) atoms. The molecule has 106 valence electrons. The maximum Gasteiger partial charge on any atom is 0.401 e. The van der Waals surface area contributed by atoms with Gasteiger partial charge >= 0.3 is 6.18 Å². The van der Waals surface area contributed by atoms with Gasteiger partial charge in [-0.1, -0.05) is 0 Å². The van der Waals surface area contributed by atoms with Crippen molar-refractivity contribution in [2.45, 2.75) is 37.5 Å². The molecule has 0 aromatic carbocycles. The highest BCUT2D eigenvalue weighted by molar-refractivity contribution is 4.87. The van der Waals surface area contributed by atoms with Gasteiger partial charge in [0.05, 0.1) is 6.54 Å². The third-order valence-corrected chi connectivity index (χ3v) is 3.77. The van der Waals surface area contributed by atoms with Crippen molar-refractivity contribution >= 4 is 0 Å². The second-order valence-corrected chi connectivity index (χ2v) is 5.60. The van der Waals surface area contributed by atoms with E-state index in [4.69, 9.17) is 0 Å². The monoisotopic (exact) mass is 265 g/mol. The fraction of sp³-hybridized carbons (Fsp3) is 1.00. The van der Waals surface area contributed by atoms with Gasteiger partial charge in [-0.2, -0.15) is 13.2 Å². The maximum absolute atomic E-state index is 12.3. The summed E-state index contributed by atoms with van der Waals surface area (Å²) in [7, 11) is 2.10. The van der Waals surface area contributed by atoms with E-state index in [0.29, 0.717) is 19.1 Å². The normalized spacial score (nSPS) is 32.0. The summed E-state index contributed by atoms with van der Waals surface area (Å²) in [5.74, 6) is 0. The number of hydrogen-bond acceptors (Lipinski definition) is 3. The Bertz CT molecular complexity index is 270. The fourth-order valence-electron chi connectivity index (χ4n) is 3.00. The number of hydrogen-bond donors (Lipinski definition) is 1. The van der Waals surface area contributed by atoms with E-state index in [2.05, 4.69) is 17.3 Å². The minimum atomic E-state index is -4.07. The van der Waals surface area contributed by atoms with Crippen LogP contribution < -0.4 is 5.32 Å². The zero-order chi connectivity index (χ0) is 13.2.